The molecule has 0 unspecified atom stereocenters. The number of aromatic nitrogens is 1. The van der Waals surface area contributed by atoms with Crippen molar-refractivity contribution in [3.8, 4) is 11.6 Å². The summed E-state index contributed by atoms with van der Waals surface area (Å²) < 4.78 is 11.6. The molecule has 1 aliphatic rings. The molecule has 1 aromatic rings. The fourth-order valence-corrected chi connectivity index (χ4v) is 2.35. The molecule has 0 aliphatic heterocycles. The van der Waals surface area contributed by atoms with Crippen LogP contribution in [0.15, 0.2) is 18.3 Å². The van der Waals surface area contributed by atoms with Gasteiger partial charge in [-0.25, -0.2) is 4.98 Å². The van der Waals surface area contributed by atoms with Crippen LogP contribution in [0.2, 0.25) is 0 Å². The summed E-state index contributed by atoms with van der Waals surface area (Å²) in [5.41, 5.74) is 0.149. The Kier molecular flexibility index (Phi) is 5.90. The van der Waals surface area contributed by atoms with Crippen LogP contribution in [0.5, 0.6) is 11.6 Å². The second-order valence-corrected chi connectivity index (χ2v) is 8.29. The number of hydrogen-bond donors (Lipinski definition) is 1. The highest BCUT2D eigenvalue weighted by molar-refractivity contribution is 5.23. The van der Waals surface area contributed by atoms with Gasteiger partial charge in [0.2, 0.25) is 5.88 Å². The molecule has 130 valence electrons. The zero-order valence-corrected chi connectivity index (χ0v) is 15.4. The minimum Gasteiger partial charge on any atom is -0.491 e. The van der Waals surface area contributed by atoms with Crippen LogP contribution in [0, 0.1) is 11.3 Å². The van der Waals surface area contributed by atoms with E-state index in [1.54, 1.807) is 6.20 Å². The Labute approximate surface area is 141 Å². The van der Waals surface area contributed by atoms with E-state index in [0.717, 1.165) is 18.6 Å². The Balaban J connectivity index is 1.71. The van der Waals surface area contributed by atoms with Gasteiger partial charge in [0.1, 0.15) is 11.9 Å². The minimum atomic E-state index is 0.149. The lowest BCUT2D eigenvalue weighted by Crippen LogP contribution is -2.50. The van der Waals surface area contributed by atoms with Gasteiger partial charge in [0.25, 0.3) is 0 Å². The Bertz CT molecular complexity index is 473. The van der Waals surface area contributed by atoms with Crippen LogP contribution in [-0.2, 0) is 0 Å². The zero-order valence-electron chi connectivity index (χ0n) is 15.4. The molecule has 2 rings (SSSR count). The predicted molar refractivity (Wildman–Crippen MR) is 94.1 cm³/mol. The SMILES string of the molecule is CC(C)[C@H](C)NC1CC(Oc2ccc(OCC(C)(C)C)cn2)C1. The molecule has 0 saturated heterocycles. The summed E-state index contributed by atoms with van der Waals surface area (Å²) >= 11 is 0. The molecular weight excluding hydrogens is 288 g/mol. The molecule has 0 radical (unpaired) electrons. The van der Waals surface area contributed by atoms with E-state index in [1.807, 2.05) is 12.1 Å². The Morgan fingerprint density at radius 1 is 1.22 bits per heavy atom. The van der Waals surface area contributed by atoms with Crippen molar-refractivity contribution in [2.75, 3.05) is 6.61 Å². The first kappa shape index (κ1) is 18.1. The van der Waals surface area contributed by atoms with Gasteiger partial charge in [-0.15, -0.1) is 0 Å². The van der Waals surface area contributed by atoms with Gasteiger partial charge in [0, 0.05) is 18.2 Å². The first-order chi connectivity index (χ1) is 10.7. The highest BCUT2D eigenvalue weighted by Gasteiger charge is 2.32. The van der Waals surface area contributed by atoms with Crippen LogP contribution < -0.4 is 14.8 Å². The lowest BCUT2D eigenvalue weighted by Gasteiger charge is -2.38. The molecule has 23 heavy (non-hydrogen) atoms. The van der Waals surface area contributed by atoms with E-state index in [2.05, 4.69) is 51.8 Å². The van der Waals surface area contributed by atoms with Crippen molar-refractivity contribution in [2.24, 2.45) is 11.3 Å². The molecular formula is C19H32N2O2. The third-order valence-electron chi connectivity index (χ3n) is 4.26. The molecule has 0 aromatic carbocycles. The second-order valence-electron chi connectivity index (χ2n) is 8.29. The largest absolute Gasteiger partial charge is 0.491 e. The quantitative estimate of drug-likeness (QED) is 0.823. The molecule has 0 amide bonds. The van der Waals surface area contributed by atoms with Gasteiger partial charge in [-0.05, 0) is 37.2 Å². The van der Waals surface area contributed by atoms with Crippen LogP contribution in [-0.4, -0.2) is 29.8 Å². The molecule has 4 nitrogen and oxygen atoms in total. The normalized spacial score (nSPS) is 22.6. The number of pyridine rings is 1. The molecule has 0 spiro atoms. The fourth-order valence-electron chi connectivity index (χ4n) is 2.35. The van der Waals surface area contributed by atoms with Crippen LogP contribution in [0.3, 0.4) is 0 Å². The summed E-state index contributed by atoms with van der Waals surface area (Å²) in [6, 6.07) is 4.96. The van der Waals surface area contributed by atoms with Crippen LogP contribution in [0.1, 0.15) is 54.4 Å². The second kappa shape index (κ2) is 7.52. The van der Waals surface area contributed by atoms with Gasteiger partial charge in [-0.3, -0.25) is 0 Å². The standard InChI is InChI=1S/C19H32N2O2/c1-13(2)14(3)21-15-9-17(10-15)23-18-8-7-16(11-20-18)22-12-19(4,5)6/h7-8,11,13-15,17,21H,9-10,12H2,1-6H3/t14-,15?,17?/m0/s1. The van der Waals surface area contributed by atoms with Crippen LogP contribution >= 0.6 is 0 Å². The van der Waals surface area contributed by atoms with E-state index < -0.39 is 0 Å². The molecule has 1 fully saturated rings. The predicted octanol–water partition coefficient (Wildman–Crippen LogP) is 4.05. The topological polar surface area (TPSA) is 43.4 Å². The van der Waals surface area contributed by atoms with E-state index in [1.165, 1.54) is 0 Å². The molecule has 1 N–H and O–H groups in total. The Morgan fingerprint density at radius 2 is 1.91 bits per heavy atom. The lowest BCUT2D eigenvalue weighted by molar-refractivity contribution is 0.0731. The average Bonchev–Trinajstić information content (AvgIpc) is 2.43. The minimum absolute atomic E-state index is 0.149. The van der Waals surface area contributed by atoms with Crippen molar-refractivity contribution < 1.29 is 9.47 Å². The summed E-state index contributed by atoms with van der Waals surface area (Å²) in [4.78, 5) is 4.35. The summed E-state index contributed by atoms with van der Waals surface area (Å²) in [5.74, 6) is 2.15. The van der Waals surface area contributed by atoms with Gasteiger partial charge < -0.3 is 14.8 Å². The van der Waals surface area contributed by atoms with Crippen molar-refractivity contribution in [1.82, 2.24) is 10.3 Å². The lowest BCUT2D eigenvalue weighted by atomic mass is 9.88. The average molecular weight is 320 g/mol. The molecule has 1 saturated carbocycles. The fraction of sp³-hybridized carbons (Fsp3) is 0.737. The highest BCUT2D eigenvalue weighted by Crippen LogP contribution is 2.27. The molecule has 0 bridgehead atoms. The van der Waals surface area contributed by atoms with E-state index >= 15 is 0 Å². The Morgan fingerprint density at radius 3 is 2.43 bits per heavy atom. The van der Waals surface area contributed by atoms with Crippen molar-refractivity contribution >= 4 is 0 Å². The smallest absolute Gasteiger partial charge is 0.213 e. The third-order valence-corrected chi connectivity index (χ3v) is 4.26. The summed E-state index contributed by atoms with van der Waals surface area (Å²) in [7, 11) is 0. The Hall–Kier alpha value is -1.29. The van der Waals surface area contributed by atoms with Crippen molar-refractivity contribution in [3.63, 3.8) is 0 Å². The number of hydrogen-bond acceptors (Lipinski definition) is 4. The van der Waals surface area contributed by atoms with E-state index in [9.17, 15) is 0 Å². The zero-order chi connectivity index (χ0) is 17.0. The van der Waals surface area contributed by atoms with Gasteiger partial charge in [-0.1, -0.05) is 34.6 Å². The number of rotatable bonds is 7. The summed E-state index contributed by atoms with van der Waals surface area (Å²) in [6.45, 7) is 13.9. The molecule has 1 aromatic heterocycles. The van der Waals surface area contributed by atoms with E-state index in [4.69, 9.17) is 9.47 Å². The van der Waals surface area contributed by atoms with E-state index in [-0.39, 0.29) is 11.5 Å². The van der Waals surface area contributed by atoms with E-state index in [0.29, 0.717) is 30.5 Å². The number of nitrogens with one attached hydrogen (secondary N) is 1. The summed E-state index contributed by atoms with van der Waals surface area (Å²) in [5, 5.41) is 3.65. The van der Waals surface area contributed by atoms with Crippen molar-refractivity contribution in [3.05, 3.63) is 18.3 Å². The molecule has 1 heterocycles. The number of ether oxygens (including phenoxy) is 2. The monoisotopic (exact) mass is 320 g/mol. The van der Waals surface area contributed by atoms with Gasteiger partial charge >= 0.3 is 0 Å². The van der Waals surface area contributed by atoms with Gasteiger partial charge in [-0.2, -0.15) is 0 Å². The van der Waals surface area contributed by atoms with Crippen LogP contribution in [0.4, 0.5) is 0 Å². The third kappa shape index (κ3) is 6.02. The first-order valence-electron chi connectivity index (χ1n) is 8.74. The van der Waals surface area contributed by atoms with Gasteiger partial charge in [0.15, 0.2) is 0 Å². The number of nitrogens with zero attached hydrogens (tertiary/aromatic N) is 1. The first-order valence-corrected chi connectivity index (χ1v) is 8.74. The maximum Gasteiger partial charge on any atom is 0.213 e. The summed E-state index contributed by atoms with van der Waals surface area (Å²) in [6.07, 6.45) is 4.14. The maximum absolute atomic E-state index is 5.92. The van der Waals surface area contributed by atoms with Gasteiger partial charge in [0.05, 0.1) is 12.8 Å². The highest BCUT2D eigenvalue weighted by atomic mass is 16.5. The molecule has 1 aliphatic carbocycles. The van der Waals surface area contributed by atoms with Crippen molar-refractivity contribution in [2.45, 2.75) is 72.6 Å². The molecule has 4 heteroatoms. The maximum atomic E-state index is 5.92. The molecule has 1 atom stereocenters. The van der Waals surface area contributed by atoms with Crippen LogP contribution in [0.25, 0.3) is 0 Å². The van der Waals surface area contributed by atoms with Crippen molar-refractivity contribution in [1.29, 1.82) is 0 Å².